The lowest BCUT2D eigenvalue weighted by Crippen LogP contribution is -2.69. The third kappa shape index (κ3) is 2.34. The fourth-order valence-electron chi connectivity index (χ4n) is 4.70. The number of hydrogen-bond acceptors (Lipinski definition) is 3. The van der Waals surface area contributed by atoms with Crippen LogP contribution in [0.15, 0.2) is 0 Å². The Hall–Kier alpha value is -0.120. The van der Waals surface area contributed by atoms with Gasteiger partial charge in [0.15, 0.2) is 0 Å². The normalized spacial score (nSPS) is 38.1. The van der Waals surface area contributed by atoms with Gasteiger partial charge in [0.25, 0.3) is 0 Å². The molecule has 0 aromatic heterocycles. The highest BCUT2D eigenvalue weighted by molar-refractivity contribution is 5.07. The van der Waals surface area contributed by atoms with Crippen molar-refractivity contribution >= 4 is 0 Å². The Balaban J connectivity index is 1.66. The summed E-state index contributed by atoms with van der Waals surface area (Å²) >= 11 is 0. The minimum absolute atomic E-state index is 0.321. The molecule has 2 unspecified atom stereocenters. The Labute approximate surface area is 118 Å². The molecule has 1 spiro atoms. The van der Waals surface area contributed by atoms with Crippen LogP contribution in [0.25, 0.3) is 0 Å². The van der Waals surface area contributed by atoms with E-state index in [1.165, 1.54) is 58.2 Å². The Morgan fingerprint density at radius 1 is 1.16 bits per heavy atom. The molecule has 2 atom stereocenters. The van der Waals surface area contributed by atoms with Crippen LogP contribution in [0.3, 0.4) is 0 Å². The summed E-state index contributed by atoms with van der Waals surface area (Å²) in [5, 5.41) is 3.85. The van der Waals surface area contributed by atoms with E-state index in [2.05, 4.69) is 24.1 Å². The minimum atomic E-state index is 0.321. The number of nitrogens with zero attached hydrogens (tertiary/aromatic N) is 1. The van der Waals surface area contributed by atoms with Gasteiger partial charge in [-0.25, -0.2) is 0 Å². The topological polar surface area (TPSA) is 24.5 Å². The van der Waals surface area contributed by atoms with E-state index in [9.17, 15) is 0 Å². The van der Waals surface area contributed by atoms with Crippen LogP contribution in [0.4, 0.5) is 0 Å². The maximum atomic E-state index is 5.62. The minimum Gasteiger partial charge on any atom is -0.381 e. The van der Waals surface area contributed by atoms with Crippen molar-refractivity contribution in [1.82, 2.24) is 10.2 Å². The van der Waals surface area contributed by atoms with E-state index in [1.54, 1.807) is 0 Å². The number of ether oxygens (including phenoxy) is 1. The zero-order valence-electron chi connectivity index (χ0n) is 12.9. The van der Waals surface area contributed by atoms with Gasteiger partial charge in [-0.2, -0.15) is 0 Å². The number of piperazine rings is 1. The molecule has 2 saturated carbocycles. The molecule has 0 aromatic carbocycles. The highest BCUT2D eigenvalue weighted by Gasteiger charge is 2.52. The van der Waals surface area contributed by atoms with Crippen LogP contribution in [-0.4, -0.2) is 49.3 Å². The second-order valence-electron chi connectivity index (χ2n) is 7.54. The molecule has 0 bridgehead atoms. The lowest BCUT2D eigenvalue weighted by atomic mass is 9.63. The Kier molecular flexibility index (Phi) is 3.65. The average molecular weight is 266 g/mol. The fraction of sp³-hybridized carbons (Fsp3) is 1.00. The van der Waals surface area contributed by atoms with Gasteiger partial charge in [-0.15, -0.1) is 0 Å². The molecular formula is C16H30N2O. The smallest absolute Gasteiger partial charge is 0.0652 e. The predicted molar refractivity (Wildman–Crippen MR) is 78.4 cm³/mol. The van der Waals surface area contributed by atoms with Crippen molar-refractivity contribution in [1.29, 1.82) is 0 Å². The first-order chi connectivity index (χ1) is 9.07. The zero-order chi connectivity index (χ0) is 13.5. The molecule has 1 aliphatic heterocycles. The molecular weight excluding hydrogens is 236 g/mol. The van der Waals surface area contributed by atoms with E-state index in [4.69, 9.17) is 4.74 Å². The Bertz CT molecular complexity index is 317. The maximum Gasteiger partial charge on any atom is 0.0652 e. The molecule has 1 saturated heterocycles. The molecule has 2 aliphatic carbocycles. The largest absolute Gasteiger partial charge is 0.381 e. The van der Waals surface area contributed by atoms with Crippen LogP contribution < -0.4 is 5.32 Å². The van der Waals surface area contributed by atoms with Gasteiger partial charge in [-0.05, 0) is 19.3 Å². The molecule has 110 valence electrons. The van der Waals surface area contributed by atoms with E-state index in [0.717, 1.165) is 6.04 Å². The molecule has 0 aromatic rings. The van der Waals surface area contributed by atoms with E-state index < -0.39 is 0 Å². The van der Waals surface area contributed by atoms with Crippen molar-refractivity contribution in [2.24, 2.45) is 5.41 Å². The van der Waals surface area contributed by atoms with Gasteiger partial charge in [-0.1, -0.05) is 33.1 Å². The third-order valence-electron chi connectivity index (χ3n) is 6.07. The standard InChI is InChI=1S/C16H30N2O/c1-15(2)13(11-14(15)19-3)18-10-9-17-16(12-18)7-5-4-6-8-16/h13-14,17H,4-12H2,1-3H3. The number of hydrogen-bond donors (Lipinski definition) is 1. The van der Waals surface area contributed by atoms with Crippen LogP contribution in [0.2, 0.25) is 0 Å². The number of rotatable bonds is 2. The summed E-state index contributed by atoms with van der Waals surface area (Å²) in [6.07, 6.45) is 8.69. The van der Waals surface area contributed by atoms with E-state index >= 15 is 0 Å². The van der Waals surface area contributed by atoms with Gasteiger partial charge in [0, 0.05) is 43.7 Å². The molecule has 19 heavy (non-hydrogen) atoms. The van der Waals surface area contributed by atoms with Crippen molar-refractivity contribution < 1.29 is 4.74 Å². The van der Waals surface area contributed by atoms with Gasteiger partial charge in [0.2, 0.25) is 0 Å². The summed E-state index contributed by atoms with van der Waals surface area (Å²) in [6, 6.07) is 0.721. The highest BCUT2D eigenvalue weighted by Crippen LogP contribution is 2.46. The molecule has 3 nitrogen and oxygen atoms in total. The molecule has 1 heterocycles. The van der Waals surface area contributed by atoms with Crippen molar-refractivity contribution in [2.45, 2.75) is 70.1 Å². The SMILES string of the molecule is COC1CC(N2CCNC3(CCCCC3)C2)C1(C)C. The van der Waals surface area contributed by atoms with Gasteiger partial charge >= 0.3 is 0 Å². The van der Waals surface area contributed by atoms with Crippen molar-refractivity contribution in [3.8, 4) is 0 Å². The van der Waals surface area contributed by atoms with Crippen molar-refractivity contribution in [3.05, 3.63) is 0 Å². The first kappa shape index (κ1) is 13.8. The summed E-state index contributed by atoms with van der Waals surface area (Å²) in [5.74, 6) is 0. The van der Waals surface area contributed by atoms with Crippen LogP contribution in [0.1, 0.15) is 52.4 Å². The van der Waals surface area contributed by atoms with Crippen LogP contribution in [0.5, 0.6) is 0 Å². The first-order valence-electron chi connectivity index (χ1n) is 8.09. The quantitative estimate of drug-likeness (QED) is 0.830. The van der Waals surface area contributed by atoms with Gasteiger partial charge in [0.1, 0.15) is 0 Å². The molecule has 3 aliphatic rings. The average Bonchev–Trinajstić information content (AvgIpc) is 2.39. The van der Waals surface area contributed by atoms with E-state index in [0.29, 0.717) is 17.1 Å². The molecule has 3 heteroatoms. The van der Waals surface area contributed by atoms with Crippen LogP contribution in [-0.2, 0) is 4.74 Å². The summed E-state index contributed by atoms with van der Waals surface area (Å²) in [7, 11) is 1.86. The van der Waals surface area contributed by atoms with Crippen molar-refractivity contribution in [3.63, 3.8) is 0 Å². The summed E-state index contributed by atoms with van der Waals surface area (Å²) in [4.78, 5) is 2.76. The monoisotopic (exact) mass is 266 g/mol. The van der Waals surface area contributed by atoms with Crippen LogP contribution in [0, 0.1) is 5.41 Å². The maximum absolute atomic E-state index is 5.62. The van der Waals surface area contributed by atoms with E-state index in [1.807, 2.05) is 7.11 Å². The summed E-state index contributed by atoms with van der Waals surface area (Å²) in [6.45, 7) is 8.41. The molecule has 1 N–H and O–H groups in total. The van der Waals surface area contributed by atoms with E-state index in [-0.39, 0.29) is 0 Å². The number of methoxy groups -OCH3 is 1. The second-order valence-corrected chi connectivity index (χ2v) is 7.54. The van der Waals surface area contributed by atoms with Gasteiger partial charge in [-0.3, -0.25) is 4.90 Å². The summed E-state index contributed by atoms with van der Waals surface area (Å²) < 4.78 is 5.62. The van der Waals surface area contributed by atoms with Gasteiger partial charge < -0.3 is 10.1 Å². The van der Waals surface area contributed by atoms with Crippen molar-refractivity contribution in [2.75, 3.05) is 26.7 Å². The lowest BCUT2D eigenvalue weighted by Gasteiger charge is -2.59. The zero-order valence-corrected chi connectivity index (χ0v) is 12.9. The third-order valence-corrected chi connectivity index (χ3v) is 6.07. The number of nitrogens with one attached hydrogen (secondary N) is 1. The summed E-state index contributed by atoms with van der Waals surface area (Å²) in [5.41, 5.74) is 0.757. The van der Waals surface area contributed by atoms with Crippen LogP contribution >= 0.6 is 0 Å². The molecule has 0 radical (unpaired) electrons. The molecule has 3 fully saturated rings. The fourth-order valence-corrected chi connectivity index (χ4v) is 4.70. The molecule has 3 rings (SSSR count). The first-order valence-corrected chi connectivity index (χ1v) is 8.09. The van der Waals surface area contributed by atoms with Gasteiger partial charge in [0.05, 0.1) is 6.10 Å². The lowest BCUT2D eigenvalue weighted by molar-refractivity contribution is -0.147. The predicted octanol–water partition coefficient (Wildman–Crippen LogP) is 2.41. The second kappa shape index (κ2) is 5.01. The Morgan fingerprint density at radius 2 is 1.89 bits per heavy atom. The Morgan fingerprint density at radius 3 is 2.53 bits per heavy atom. The highest BCUT2D eigenvalue weighted by atomic mass is 16.5. The molecule has 0 amide bonds.